The van der Waals surface area contributed by atoms with Crippen LogP contribution in [0.3, 0.4) is 0 Å². The van der Waals surface area contributed by atoms with E-state index in [1.165, 1.54) is 7.11 Å². The average Bonchev–Trinajstić information content (AvgIpc) is 2.25. The van der Waals surface area contributed by atoms with Gasteiger partial charge in [-0.25, -0.2) is 0 Å². The molecule has 0 heterocycles. The van der Waals surface area contributed by atoms with Crippen molar-refractivity contribution in [3.8, 4) is 11.5 Å². The smallest absolute Gasteiger partial charge is 0.168 e. The third-order valence-electron chi connectivity index (χ3n) is 2.32. The number of carbonyl (C=O) groups excluding carboxylic acids is 1. The molecule has 0 aliphatic carbocycles. The normalized spacial score (nSPS) is 11.1. The number of Topliss-reactive ketones (excluding diaryl/α,β-unsaturated/α-hetero) is 1. The van der Waals surface area contributed by atoms with Crippen LogP contribution in [0.1, 0.15) is 30.6 Å². The Kier molecular flexibility index (Phi) is 4.12. The number of ketones is 1. The van der Waals surface area contributed by atoms with Gasteiger partial charge in [0.05, 0.1) is 19.8 Å². The monoisotopic (exact) mass is 237 g/mol. The lowest BCUT2D eigenvalue weighted by molar-refractivity contribution is 0.0957. The Morgan fingerprint density at radius 1 is 1.29 bits per heavy atom. The molecular weight excluding hydrogens is 218 g/mol. The molecule has 0 spiro atoms. The minimum absolute atomic E-state index is 0.0479. The Labute approximate surface area is 102 Å². The molecule has 17 heavy (non-hydrogen) atoms. The third kappa shape index (κ3) is 3.75. The quantitative estimate of drug-likeness (QED) is 0.796. The summed E-state index contributed by atoms with van der Waals surface area (Å²) < 4.78 is 10.3. The number of hydrogen-bond acceptors (Lipinski definition) is 4. The van der Waals surface area contributed by atoms with Crippen molar-refractivity contribution in [1.82, 2.24) is 0 Å². The standard InChI is InChI=1S/C13H19NO3/c1-13(2,14)8-11(15)10-7-9(16-3)5-6-12(10)17-4/h5-7H,8,14H2,1-4H3. The molecule has 0 aliphatic rings. The first-order valence-electron chi connectivity index (χ1n) is 5.41. The van der Waals surface area contributed by atoms with E-state index in [0.717, 1.165) is 0 Å². The van der Waals surface area contributed by atoms with Crippen molar-refractivity contribution in [2.24, 2.45) is 5.73 Å². The minimum Gasteiger partial charge on any atom is -0.497 e. The van der Waals surface area contributed by atoms with E-state index in [1.807, 2.05) is 13.8 Å². The maximum absolute atomic E-state index is 12.1. The number of hydrogen-bond donors (Lipinski definition) is 1. The molecule has 1 aromatic carbocycles. The Hall–Kier alpha value is -1.55. The molecule has 0 radical (unpaired) electrons. The van der Waals surface area contributed by atoms with Crippen molar-refractivity contribution in [2.45, 2.75) is 25.8 Å². The summed E-state index contributed by atoms with van der Waals surface area (Å²) in [5.74, 6) is 1.12. The van der Waals surface area contributed by atoms with E-state index in [-0.39, 0.29) is 12.2 Å². The molecule has 0 atom stereocenters. The summed E-state index contributed by atoms with van der Waals surface area (Å²) in [5.41, 5.74) is 5.81. The first kappa shape index (κ1) is 13.5. The summed E-state index contributed by atoms with van der Waals surface area (Å²) in [6, 6.07) is 5.14. The minimum atomic E-state index is -0.537. The molecule has 4 heteroatoms. The van der Waals surface area contributed by atoms with Crippen molar-refractivity contribution in [1.29, 1.82) is 0 Å². The molecule has 94 valence electrons. The zero-order valence-electron chi connectivity index (χ0n) is 10.7. The number of nitrogens with two attached hydrogens (primary N) is 1. The van der Waals surface area contributed by atoms with E-state index >= 15 is 0 Å². The van der Waals surface area contributed by atoms with Crippen LogP contribution in [0.5, 0.6) is 11.5 Å². The molecule has 0 saturated heterocycles. The van der Waals surface area contributed by atoms with Crippen LogP contribution in [-0.2, 0) is 0 Å². The molecule has 0 bridgehead atoms. The van der Waals surface area contributed by atoms with E-state index in [0.29, 0.717) is 17.1 Å². The van der Waals surface area contributed by atoms with Gasteiger partial charge in [-0.15, -0.1) is 0 Å². The Morgan fingerprint density at radius 3 is 2.41 bits per heavy atom. The summed E-state index contributed by atoms with van der Waals surface area (Å²) in [7, 11) is 3.09. The molecular formula is C13H19NO3. The Balaban J connectivity index is 3.05. The lowest BCUT2D eigenvalue weighted by atomic mass is 9.95. The number of ether oxygens (including phenoxy) is 2. The fraction of sp³-hybridized carbons (Fsp3) is 0.462. The number of methoxy groups -OCH3 is 2. The number of benzene rings is 1. The second kappa shape index (κ2) is 5.19. The summed E-state index contributed by atoms with van der Waals surface area (Å²) in [6.45, 7) is 3.63. The second-order valence-corrected chi connectivity index (χ2v) is 4.65. The van der Waals surface area contributed by atoms with Gasteiger partial charge in [0.25, 0.3) is 0 Å². The van der Waals surface area contributed by atoms with Crippen LogP contribution in [0.2, 0.25) is 0 Å². The molecule has 0 aliphatic heterocycles. The van der Waals surface area contributed by atoms with Crippen LogP contribution >= 0.6 is 0 Å². The van der Waals surface area contributed by atoms with Gasteiger partial charge >= 0.3 is 0 Å². The zero-order chi connectivity index (χ0) is 13.1. The SMILES string of the molecule is COc1ccc(OC)c(C(=O)CC(C)(C)N)c1. The molecule has 1 rings (SSSR count). The molecule has 4 nitrogen and oxygen atoms in total. The molecule has 0 aromatic heterocycles. The maximum atomic E-state index is 12.1. The first-order chi connectivity index (χ1) is 7.87. The fourth-order valence-corrected chi connectivity index (χ4v) is 1.54. The molecule has 0 saturated carbocycles. The van der Waals surface area contributed by atoms with E-state index in [4.69, 9.17) is 15.2 Å². The highest BCUT2D eigenvalue weighted by atomic mass is 16.5. The molecule has 2 N–H and O–H groups in total. The maximum Gasteiger partial charge on any atom is 0.168 e. The van der Waals surface area contributed by atoms with E-state index in [1.54, 1.807) is 25.3 Å². The third-order valence-corrected chi connectivity index (χ3v) is 2.32. The Morgan fingerprint density at radius 2 is 1.94 bits per heavy atom. The molecule has 1 aromatic rings. The van der Waals surface area contributed by atoms with Crippen LogP contribution in [0, 0.1) is 0 Å². The molecule has 0 unspecified atom stereocenters. The van der Waals surface area contributed by atoms with Gasteiger partial charge in [-0.2, -0.15) is 0 Å². The second-order valence-electron chi connectivity index (χ2n) is 4.65. The van der Waals surface area contributed by atoms with Gasteiger partial charge in [-0.1, -0.05) is 0 Å². The largest absolute Gasteiger partial charge is 0.497 e. The van der Waals surface area contributed by atoms with Gasteiger partial charge in [-0.3, -0.25) is 4.79 Å². The van der Waals surface area contributed by atoms with Gasteiger partial charge in [0.1, 0.15) is 11.5 Å². The van der Waals surface area contributed by atoms with Crippen molar-refractivity contribution in [2.75, 3.05) is 14.2 Å². The van der Waals surface area contributed by atoms with Crippen LogP contribution in [0.4, 0.5) is 0 Å². The highest BCUT2D eigenvalue weighted by Crippen LogP contribution is 2.26. The topological polar surface area (TPSA) is 61.5 Å². The van der Waals surface area contributed by atoms with Crippen LogP contribution in [0.15, 0.2) is 18.2 Å². The summed E-state index contributed by atoms with van der Waals surface area (Å²) >= 11 is 0. The van der Waals surface area contributed by atoms with Crippen LogP contribution < -0.4 is 15.2 Å². The van der Waals surface area contributed by atoms with Gasteiger partial charge in [0.2, 0.25) is 0 Å². The first-order valence-corrected chi connectivity index (χ1v) is 5.41. The molecule has 0 fully saturated rings. The summed E-state index contributed by atoms with van der Waals surface area (Å²) in [6.07, 6.45) is 0.260. The van der Waals surface area contributed by atoms with Crippen molar-refractivity contribution < 1.29 is 14.3 Å². The van der Waals surface area contributed by atoms with Gasteiger partial charge in [0.15, 0.2) is 5.78 Å². The summed E-state index contributed by atoms with van der Waals surface area (Å²) in [5, 5.41) is 0. The van der Waals surface area contributed by atoms with Crippen LogP contribution in [-0.4, -0.2) is 25.5 Å². The molecule has 0 amide bonds. The van der Waals surface area contributed by atoms with E-state index in [2.05, 4.69) is 0 Å². The van der Waals surface area contributed by atoms with Crippen molar-refractivity contribution in [3.05, 3.63) is 23.8 Å². The number of carbonyl (C=O) groups is 1. The van der Waals surface area contributed by atoms with Crippen molar-refractivity contribution >= 4 is 5.78 Å². The summed E-state index contributed by atoms with van der Waals surface area (Å²) in [4.78, 5) is 12.1. The van der Waals surface area contributed by atoms with Gasteiger partial charge < -0.3 is 15.2 Å². The predicted molar refractivity (Wildman–Crippen MR) is 66.8 cm³/mol. The van der Waals surface area contributed by atoms with E-state index in [9.17, 15) is 4.79 Å². The van der Waals surface area contributed by atoms with Crippen molar-refractivity contribution in [3.63, 3.8) is 0 Å². The lowest BCUT2D eigenvalue weighted by Gasteiger charge is -2.18. The van der Waals surface area contributed by atoms with Gasteiger partial charge in [0, 0.05) is 12.0 Å². The van der Waals surface area contributed by atoms with Gasteiger partial charge in [-0.05, 0) is 32.0 Å². The predicted octanol–water partition coefficient (Wildman–Crippen LogP) is 2.01. The highest BCUT2D eigenvalue weighted by molar-refractivity contribution is 5.99. The van der Waals surface area contributed by atoms with E-state index < -0.39 is 5.54 Å². The fourth-order valence-electron chi connectivity index (χ4n) is 1.54. The van der Waals surface area contributed by atoms with Crippen LogP contribution in [0.25, 0.3) is 0 Å². The zero-order valence-corrected chi connectivity index (χ0v) is 10.7. The average molecular weight is 237 g/mol. The number of rotatable bonds is 5. The lowest BCUT2D eigenvalue weighted by Crippen LogP contribution is -2.34. The Bertz CT molecular complexity index is 408. The highest BCUT2D eigenvalue weighted by Gasteiger charge is 2.20.